The predicted molar refractivity (Wildman–Crippen MR) is 153 cm³/mol. The molecule has 0 bridgehead atoms. The summed E-state index contributed by atoms with van der Waals surface area (Å²) in [5.41, 5.74) is 13.3. The maximum atomic E-state index is 12.1. The number of nitrogens with zero attached hydrogens (tertiary/aromatic N) is 1. The van der Waals surface area contributed by atoms with Crippen molar-refractivity contribution in [2.45, 2.75) is 46.1 Å². The lowest BCUT2D eigenvalue weighted by molar-refractivity contribution is -0.138. The second-order valence-electron chi connectivity index (χ2n) is 8.95. The number of likely N-dealkylation sites (N-methyl/N-ethyl adjacent to an activating group) is 1. The van der Waals surface area contributed by atoms with Gasteiger partial charge in [-0.25, -0.2) is 4.79 Å². The molecule has 0 aliphatic carbocycles. The Balaban J connectivity index is 0.000000279. The van der Waals surface area contributed by atoms with E-state index in [1.807, 2.05) is 42.5 Å². The Kier molecular flexibility index (Phi) is 13.1. The van der Waals surface area contributed by atoms with Gasteiger partial charge in [-0.15, -0.1) is 0 Å². The van der Waals surface area contributed by atoms with E-state index in [-0.39, 0.29) is 5.97 Å². The summed E-state index contributed by atoms with van der Waals surface area (Å²) in [4.78, 5) is 24.9. The molecular formula is C30H41N3O5. The Hall–Kier alpha value is -3.62. The lowest BCUT2D eigenvalue weighted by atomic mass is 10.0. The molecule has 8 heteroatoms. The van der Waals surface area contributed by atoms with Gasteiger partial charge in [0.15, 0.2) is 0 Å². The molecule has 0 aromatic heterocycles. The minimum atomic E-state index is -0.965. The van der Waals surface area contributed by atoms with E-state index in [0.717, 1.165) is 48.8 Å². The Morgan fingerprint density at radius 3 is 2.32 bits per heavy atom. The number of carbonyl (C=O) groups is 2. The molecule has 1 atom stereocenters. The van der Waals surface area contributed by atoms with Crippen molar-refractivity contribution in [1.82, 2.24) is 4.90 Å². The first-order chi connectivity index (χ1) is 18.3. The van der Waals surface area contributed by atoms with Crippen LogP contribution in [-0.2, 0) is 16.0 Å². The number of unbranched alkanes of at least 4 members (excludes halogenated alkanes) is 1. The molecule has 3 aromatic carbocycles. The molecule has 3 aromatic rings. The Bertz CT molecular complexity index is 1160. The molecule has 0 unspecified atom stereocenters. The van der Waals surface area contributed by atoms with Gasteiger partial charge in [0.05, 0.1) is 17.9 Å². The van der Waals surface area contributed by atoms with E-state index in [1.165, 1.54) is 0 Å². The minimum Gasteiger partial charge on any atom is -0.491 e. The first-order valence-electron chi connectivity index (χ1n) is 13.2. The molecule has 5 N–H and O–H groups in total. The summed E-state index contributed by atoms with van der Waals surface area (Å²) in [7, 11) is 0. The van der Waals surface area contributed by atoms with Crippen molar-refractivity contribution < 1.29 is 24.2 Å². The number of carbonyl (C=O) groups excluding carboxylic acids is 1. The first-order valence-corrected chi connectivity index (χ1v) is 13.2. The van der Waals surface area contributed by atoms with Crippen molar-refractivity contribution in [2.75, 3.05) is 38.6 Å². The smallest absolute Gasteiger partial charge is 0.338 e. The number of hydrogen-bond acceptors (Lipinski definition) is 7. The molecular weight excluding hydrogens is 482 g/mol. The molecule has 206 valence electrons. The maximum Gasteiger partial charge on any atom is 0.338 e. The standard InChI is InChI=1S/C17H28N2O3.C13H13NO2/c1-4-7-11-21-16-13-14(8-9-15(16)18)17(20)22-12-10-19(5-2)6-3;14-12(13(15)16)8-9-5-6-10-3-1-2-4-11(10)7-9/h8-9,13H,4-7,10-12,18H2,1-3H3;1-7,12H,8,14H2,(H,15,16)/t;12-/m.1/s1. The van der Waals surface area contributed by atoms with Gasteiger partial charge in [-0.05, 0) is 60.5 Å². The normalized spacial score (nSPS) is 11.5. The molecule has 0 heterocycles. The summed E-state index contributed by atoms with van der Waals surface area (Å²) < 4.78 is 10.9. The summed E-state index contributed by atoms with van der Waals surface area (Å²) in [5.74, 6) is -0.757. The van der Waals surface area contributed by atoms with Gasteiger partial charge in [-0.3, -0.25) is 4.79 Å². The molecule has 3 rings (SSSR count). The SMILES string of the molecule is CCCCOc1cc(C(=O)OCCN(CC)CC)ccc1N.N[C@H](Cc1ccc2ccccc2c1)C(=O)O. The first kappa shape index (κ1) is 30.6. The van der Waals surface area contributed by atoms with Crippen molar-refractivity contribution >= 4 is 28.4 Å². The van der Waals surface area contributed by atoms with Crippen molar-refractivity contribution in [3.8, 4) is 5.75 Å². The monoisotopic (exact) mass is 523 g/mol. The topological polar surface area (TPSA) is 128 Å². The van der Waals surface area contributed by atoms with Gasteiger partial charge in [0.1, 0.15) is 18.4 Å². The highest BCUT2D eigenvalue weighted by Crippen LogP contribution is 2.23. The fourth-order valence-electron chi connectivity index (χ4n) is 3.71. The van der Waals surface area contributed by atoms with E-state index in [2.05, 4.69) is 25.7 Å². The summed E-state index contributed by atoms with van der Waals surface area (Å²) in [6, 6.07) is 18.0. The average molecular weight is 524 g/mol. The highest BCUT2D eigenvalue weighted by atomic mass is 16.5. The van der Waals surface area contributed by atoms with E-state index in [1.54, 1.807) is 18.2 Å². The van der Waals surface area contributed by atoms with Crippen molar-refractivity contribution in [1.29, 1.82) is 0 Å². The molecule has 0 saturated carbocycles. The van der Waals surface area contributed by atoms with Gasteiger partial charge in [-0.1, -0.05) is 69.7 Å². The van der Waals surface area contributed by atoms with E-state index >= 15 is 0 Å². The van der Waals surface area contributed by atoms with Crippen LogP contribution in [0.1, 0.15) is 49.5 Å². The number of anilines is 1. The third-order valence-corrected chi connectivity index (χ3v) is 6.13. The zero-order valence-electron chi connectivity index (χ0n) is 22.7. The zero-order valence-corrected chi connectivity index (χ0v) is 22.7. The molecule has 38 heavy (non-hydrogen) atoms. The van der Waals surface area contributed by atoms with Crippen LogP contribution in [0.2, 0.25) is 0 Å². The van der Waals surface area contributed by atoms with E-state index in [0.29, 0.717) is 36.6 Å². The number of fused-ring (bicyclic) bond motifs is 1. The molecule has 0 saturated heterocycles. The van der Waals surface area contributed by atoms with Crippen LogP contribution in [0.25, 0.3) is 10.8 Å². The van der Waals surface area contributed by atoms with E-state index in [4.69, 9.17) is 26.0 Å². The number of esters is 1. The Morgan fingerprint density at radius 1 is 0.947 bits per heavy atom. The number of nitrogens with two attached hydrogens (primary N) is 2. The van der Waals surface area contributed by atoms with Crippen molar-refractivity contribution in [2.24, 2.45) is 5.73 Å². The fourth-order valence-corrected chi connectivity index (χ4v) is 3.71. The van der Waals surface area contributed by atoms with Gasteiger partial charge >= 0.3 is 11.9 Å². The minimum absolute atomic E-state index is 0.340. The van der Waals surface area contributed by atoms with Gasteiger partial charge in [0.2, 0.25) is 0 Å². The van der Waals surface area contributed by atoms with Gasteiger partial charge in [0, 0.05) is 6.54 Å². The summed E-state index contributed by atoms with van der Waals surface area (Å²) in [6.07, 6.45) is 2.37. The van der Waals surface area contributed by atoms with Crippen LogP contribution in [0.5, 0.6) is 5.75 Å². The molecule has 0 amide bonds. The molecule has 0 fully saturated rings. The average Bonchev–Trinajstić information content (AvgIpc) is 2.92. The highest BCUT2D eigenvalue weighted by molar-refractivity contribution is 5.90. The number of nitrogen functional groups attached to an aromatic ring is 1. The lowest BCUT2D eigenvalue weighted by Gasteiger charge is -2.17. The van der Waals surface area contributed by atoms with Crippen molar-refractivity contribution in [3.63, 3.8) is 0 Å². The summed E-state index contributed by atoms with van der Waals surface area (Å²) in [6.45, 7) is 9.90. The second-order valence-corrected chi connectivity index (χ2v) is 8.95. The van der Waals surface area contributed by atoms with Crippen molar-refractivity contribution in [3.05, 3.63) is 71.8 Å². The van der Waals surface area contributed by atoms with E-state index in [9.17, 15) is 9.59 Å². The number of ether oxygens (including phenoxy) is 2. The lowest BCUT2D eigenvalue weighted by Crippen LogP contribution is -2.32. The Morgan fingerprint density at radius 2 is 1.66 bits per heavy atom. The number of carboxylic acids is 1. The number of aliphatic carboxylic acids is 1. The highest BCUT2D eigenvalue weighted by Gasteiger charge is 2.12. The number of hydrogen-bond donors (Lipinski definition) is 3. The van der Waals surface area contributed by atoms with Crippen LogP contribution in [-0.4, -0.2) is 60.8 Å². The fraction of sp³-hybridized carbons (Fsp3) is 0.400. The molecule has 0 aliphatic heterocycles. The third-order valence-electron chi connectivity index (χ3n) is 6.13. The summed E-state index contributed by atoms with van der Waals surface area (Å²) in [5, 5.41) is 11.0. The predicted octanol–water partition coefficient (Wildman–Crippen LogP) is 4.74. The second kappa shape index (κ2) is 16.3. The van der Waals surface area contributed by atoms with Crippen LogP contribution >= 0.6 is 0 Å². The number of benzene rings is 3. The maximum absolute atomic E-state index is 12.1. The van der Waals surface area contributed by atoms with Gasteiger partial charge in [0.25, 0.3) is 0 Å². The van der Waals surface area contributed by atoms with Crippen LogP contribution in [0.15, 0.2) is 60.7 Å². The van der Waals surface area contributed by atoms with Crippen LogP contribution in [0.4, 0.5) is 5.69 Å². The molecule has 0 aliphatic rings. The van der Waals surface area contributed by atoms with Crippen LogP contribution in [0.3, 0.4) is 0 Å². The molecule has 8 nitrogen and oxygen atoms in total. The molecule has 0 radical (unpaired) electrons. The Labute approximate surface area is 225 Å². The largest absolute Gasteiger partial charge is 0.491 e. The quantitative estimate of drug-likeness (QED) is 0.166. The van der Waals surface area contributed by atoms with Crippen LogP contribution in [0, 0.1) is 0 Å². The number of carboxylic acid groups (broad SMARTS) is 1. The van der Waals surface area contributed by atoms with Crippen LogP contribution < -0.4 is 16.2 Å². The van der Waals surface area contributed by atoms with E-state index < -0.39 is 12.0 Å². The van der Waals surface area contributed by atoms with Gasteiger partial charge < -0.3 is 30.9 Å². The zero-order chi connectivity index (χ0) is 27.9. The molecule has 0 spiro atoms. The van der Waals surface area contributed by atoms with Gasteiger partial charge in [-0.2, -0.15) is 0 Å². The number of rotatable bonds is 13. The third kappa shape index (κ3) is 10.0. The summed E-state index contributed by atoms with van der Waals surface area (Å²) >= 11 is 0.